The van der Waals surface area contributed by atoms with Crippen molar-refractivity contribution in [2.24, 2.45) is 5.14 Å². The van der Waals surface area contributed by atoms with Crippen LogP contribution in [0.4, 0.5) is 32.0 Å². The number of nitro benzene ring substituents is 1. The molecule has 0 heterocycles. The van der Waals surface area contributed by atoms with Gasteiger partial charge < -0.3 is 0 Å². The van der Waals surface area contributed by atoms with Gasteiger partial charge in [-0.25, -0.2) is 13.6 Å². The van der Waals surface area contributed by atoms with Gasteiger partial charge in [-0.2, -0.15) is 26.3 Å². The smallest absolute Gasteiger partial charge is 0.258 e. The van der Waals surface area contributed by atoms with Crippen LogP contribution in [0.3, 0.4) is 0 Å². The molecule has 0 aliphatic rings. The van der Waals surface area contributed by atoms with E-state index in [0.29, 0.717) is 24.3 Å². The van der Waals surface area contributed by atoms with Crippen LogP contribution in [0.1, 0.15) is 11.1 Å². The molecule has 0 fully saturated rings. The van der Waals surface area contributed by atoms with E-state index in [0.717, 1.165) is 6.07 Å². The van der Waals surface area contributed by atoms with E-state index in [1.54, 1.807) is 0 Å². The molecule has 0 aromatic heterocycles. The molecule has 0 spiro atoms. The van der Waals surface area contributed by atoms with Crippen molar-refractivity contribution in [3.8, 4) is 11.1 Å². The molecular weight excluding hydrogens is 406 g/mol. The molecule has 2 N–H and O–H groups in total. The summed E-state index contributed by atoms with van der Waals surface area (Å²) in [6.07, 6.45) is -10.3. The first kappa shape index (κ1) is 20.6. The fraction of sp³-hybridized carbons (Fsp3) is 0.143. The van der Waals surface area contributed by atoms with Gasteiger partial charge >= 0.3 is 12.4 Å². The van der Waals surface area contributed by atoms with Crippen LogP contribution >= 0.6 is 0 Å². The minimum absolute atomic E-state index is 0.133. The highest BCUT2D eigenvalue weighted by atomic mass is 32.2. The Kier molecular flexibility index (Phi) is 4.96. The van der Waals surface area contributed by atoms with E-state index in [1.807, 2.05) is 0 Å². The largest absolute Gasteiger partial charge is 0.416 e. The van der Waals surface area contributed by atoms with E-state index >= 15 is 0 Å². The molecule has 0 bridgehead atoms. The number of sulfonamides is 1. The molecule has 146 valence electrons. The first-order valence-corrected chi connectivity index (χ1v) is 8.26. The molecule has 0 amide bonds. The Morgan fingerprint density at radius 2 is 1.37 bits per heavy atom. The minimum atomic E-state index is -5.15. The highest BCUT2D eigenvalue weighted by Gasteiger charge is 2.37. The average Bonchev–Trinajstić information content (AvgIpc) is 2.51. The third kappa shape index (κ3) is 4.54. The van der Waals surface area contributed by atoms with Crippen molar-refractivity contribution in [2.45, 2.75) is 17.2 Å². The molecule has 6 nitrogen and oxygen atoms in total. The number of hydrogen-bond acceptors (Lipinski definition) is 4. The van der Waals surface area contributed by atoms with Crippen LogP contribution in [0.2, 0.25) is 0 Å². The highest BCUT2D eigenvalue weighted by Crippen LogP contribution is 2.40. The lowest BCUT2D eigenvalue weighted by molar-refractivity contribution is -0.385. The van der Waals surface area contributed by atoms with E-state index in [4.69, 9.17) is 5.14 Å². The Morgan fingerprint density at radius 1 is 0.889 bits per heavy atom. The summed E-state index contributed by atoms with van der Waals surface area (Å²) in [5, 5.41) is 15.7. The lowest BCUT2D eigenvalue weighted by Crippen LogP contribution is -2.15. The lowest BCUT2D eigenvalue weighted by Gasteiger charge is -2.15. The summed E-state index contributed by atoms with van der Waals surface area (Å²) >= 11 is 0. The Labute approximate surface area is 147 Å². The summed E-state index contributed by atoms with van der Waals surface area (Å²) in [7, 11) is -4.70. The second kappa shape index (κ2) is 6.49. The Bertz CT molecular complexity index is 983. The molecule has 13 heteroatoms. The van der Waals surface area contributed by atoms with E-state index < -0.39 is 60.1 Å². The maximum absolute atomic E-state index is 13.0. The number of nitrogens with zero attached hydrogens (tertiary/aromatic N) is 1. The summed E-state index contributed by atoms with van der Waals surface area (Å²) < 4.78 is 101. The Balaban J connectivity index is 2.87. The molecule has 0 atom stereocenters. The summed E-state index contributed by atoms with van der Waals surface area (Å²) in [6, 6.07) is 2.37. The van der Waals surface area contributed by atoms with Crippen LogP contribution in [0.25, 0.3) is 11.1 Å². The summed E-state index contributed by atoms with van der Waals surface area (Å²) in [5.74, 6) is 0. The monoisotopic (exact) mass is 414 g/mol. The maximum Gasteiger partial charge on any atom is 0.416 e. The van der Waals surface area contributed by atoms with E-state index in [2.05, 4.69) is 0 Å². The summed E-state index contributed by atoms with van der Waals surface area (Å²) in [6.45, 7) is 0. The van der Waals surface area contributed by atoms with Crippen molar-refractivity contribution in [2.75, 3.05) is 0 Å². The number of rotatable bonds is 3. The summed E-state index contributed by atoms with van der Waals surface area (Å²) in [4.78, 5) is 8.79. The molecule has 0 radical (unpaired) electrons. The van der Waals surface area contributed by atoms with Crippen LogP contribution in [0, 0.1) is 10.1 Å². The lowest BCUT2D eigenvalue weighted by atomic mass is 9.99. The standard InChI is InChI=1S/C14H8F6N2O4S/c15-13(16,17)8-3-7(4-9(5-8)14(18,19)20)11-2-1-10(22(23)24)6-12(11)27(21,25)26/h1-6H,(H2,21,25,26). The summed E-state index contributed by atoms with van der Waals surface area (Å²) in [5.41, 5.74) is -5.52. The van der Waals surface area contributed by atoms with Crippen molar-refractivity contribution in [3.63, 3.8) is 0 Å². The SMILES string of the molecule is NS(=O)(=O)c1cc([N+](=O)[O-])ccc1-c1cc(C(F)(F)F)cc(C(F)(F)F)c1. The van der Waals surface area contributed by atoms with Crippen LogP contribution in [0.15, 0.2) is 41.3 Å². The van der Waals surface area contributed by atoms with Crippen LogP contribution in [-0.2, 0) is 22.4 Å². The quantitative estimate of drug-likeness (QED) is 0.467. The van der Waals surface area contributed by atoms with Crippen LogP contribution < -0.4 is 5.14 Å². The Hall–Kier alpha value is -2.67. The topological polar surface area (TPSA) is 103 Å². The third-order valence-corrected chi connectivity index (χ3v) is 4.33. The van der Waals surface area contributed by atoms with Gasteiger partial charge in [-0.15, -0.1) is 0 Å². The van der Waals surface area contributed by atoms with E-state index in [9.17, 15) is 44.9 Å². The number of benzene rings is 2. The second-order valence-corrected chi connectivity index (χ2v) is 6.81. The van der Waals surface area contributed by atoms with Crippen molar-refractivity contribution in [1.82, 2.24) is 0 Å². The number of nitrogens with two attached hydrogens (primary N) is 1. The number of non-ortho nitro benzene ring substituents is 1. The maximum atomic E-state index is 13.0. The molecule has 0 aliphatic carbocycles. The first-order chi connectivity index (χ1) is 12.1. The first-order valence-electron chi connectivity index (χ1n) is 6.72. The number of alkyl halides is 6. The van der Waals surface area contributed by atoms with Crippen molar-refractivity contribution in [3.05, 3.63) is 57.6 Å². The normalized spacial score (nSPS) is 12.9. The molecule has 0 unspecified atom stereocenters. The molecule has 0 saturated carbocycles. The molecular formula is C14H8F6N2O4S. The second-order valence-electron chi connectivity index (χ2n) is 5.28. The van der Waals surface area contributed by atoms with Gasteiger partial charge in [0.05, 0.1) is 20.9 Å². The zero-order chi connectivity index (χ0) is 20.8. The molecule has 27 heavy (non-hydrogen) atoms. The fourth-order valence-corrected chi connectivity index (χ4v) is 2.99. The third-order valence-electron chi connectivity index (χ3n) is 3.38. The zero-order valence-corrected chi connectivity index (χ0v) is 13.6. The van der Waals surface area contributed by atoms with Gasteiger partial charge in [-0.05, 0) is 29.8 Å². The Morgan fingerprint density at radius 3 is 1.74 bits per heavy atom. The average molecular weight is 414 g/mol. The van der Waals surface area contributed by atoms with Gasteiger partial charge in [0.25, 0.3) is 5.69 Å². The predicted octanol–water partition coefficient (Wildman–Crippen LogP) is 3.95. The number of hydrogen-bond donors (Lipinski definition) is 1. The van der Waals surface area contributed by atoms with Crippen LogP contribution in [0.5, 0.6) is 0 Å². The highest BCUT2D eigenvalue weighted by molar-refractivity contribution is 7.89. The molecule has 2 rings (SSSR count). The molecule has 2 aromatic carbocycles. The number of nitro groups is 1. The fourth-order valence-electron chi connectivity index (χ4n) is 2.21. The van der Waals surface area contributed by atoms with Gasteiger partial charge in [-0.3, -0.25) is 10.1 Å². The van der Waals surface area contributed by atoms with Crippen molar-refractivity contribution >= 4 is 15.7 Å². The zero-order valence-electron chi connectivity index (χ0n) is 12.8. The molecule has 0 saturated heterocycles. The van der Waals surface area contributed by atoms with Gasteiger partial charge in [-0.1, -0.05) is 0 Å². The number of halogens is 6. The van der Waals surface area contributed by atoms with Gasteiger partial charge in [0.2, 0.25) is 10.0 Å². The van der Waals surface area contributed by atoms with Gasteiger partial charge in [0.1, 0.15) is 0 Å². The molecule has 2 aromatic rings. The van der Waals surface area contributed by atoms with E-state index in [-0.39, 0.29) is 6.07 Å². The molecule has 0 aliphatic heterocycles. The van der Waals surface area contributed by atoms with E-state index in [1.165, 1.54) is 0 Å². The van der Waals surface area contributed by atoms with Crippen molar-refractivity contribution < 1.29 is 39.7 Å². The van der Waals surface area contributed by atoms with Crippen LogP contribution in [-0.4, -0.2) is 13.3 Å². The van der Waals surface area contributed by atoms with Crippen molar-refractivity contribution in [1.29, 1.82) is 0 Å². The minimum Gasteiger partial charge on any atom is -0.258 e. The number of primary sulfonamides is 1. The van der Waals surface area contributed by atoms with Gasteiger partial charge in [0, 0.05) is 17.7 Å². The van der Waals surface area contributed by atoms with Gasteiger partial charge in [0.15, 0.2) is 0 Å². The predicted molar refractivity (Wildman–Crippen MR) is 79.9 cm³/mol.